The summed E-state index contributed by atoms with van der Waals surface area (Å²) in [6, 6.07) is 0. The average molecular weight is 397 g/mol. The molecule has 0 aromatic carbocycles. The highest BCUT2D eigenvalue weighted by Crippen LogP contribution is 2.22. The van der Waals surface area contributed by atoms with Gasteiger partial charge in [-0.25, -0.2) is 0 Å². The minimum atomic E-state index is -0.555. The monoisotopic (exact) mass is 396 g/mol. The summed E-state index contributed by atoms with van der Waals surface area (Å²) in [6.07, 6.45) is 21.5. The van der Waals surface area contributed by atoms with Crippen LogP contribution in [0.5, 0.6) is 0 Å². The number of rotatable bonds is 17. The molecule has 0 aromatic heterocycles. The van der Waals surface area contributed by atoms with Crippen LogP contribution in [0.25, 0.3) is 0 Å². The van der Waals surface area contributed by atoms with Crippen LogP contribution < -0.4 is 0 Å². The number of ether oxygens (including phenoxy) is 3. The zero-order chi connectivity index (χ0) is 20.5. The summed E-state index contributed by atoms with van der Waals surface area (Å²) in [6.45, 7) is 6.81. The molecule has 0 spiro atoms. The Kier molecular flexibility index (Phi) is 14.4. The predicted molar refractivity (Wildman–Crippen MR) is 115 cm³/mol. The van der Waals surface area contributed by atoms with Crippen molar-refractivity contribution in [2.45, 2.75) is 123 Å². The topological polar surface area (TPSA) is 44.8 Å². The summed E-state index contributed by atoms with van der Waals surface area (Å²) in [4.78, 5) is 11.8. The van der Waals surface area contributed by atoms with Crippen molar-refractivity contribution in [3.8, 4) is 0 Å². The summed E-state index contributed by atoms with van der Waals surface area (Å²) in [7, 11) is 0. The molecule has 4 nitrogen and oxygen atoms in total. The number of allylic oxidation sites excluding steroid dienone is 2. The number of hydrogen-bond donors (Lipinski definition) is 0. The highest BCUT2D eigenvalue weighted by molar-refractivity contribution is 5.69. The van der Waals surface area contributed by atoms with Gasteiger partial charge in [-0.1, -0.05) is 70.4 Å². The Hall–Kier alpha value is -0.870. The van der Waals surface area contributed by atoms with Gasteiger partial charge in [0, 0.05) is 6.42 Å². The Morgan fingerprint density at radius 1 is 0.929 bits per heavy atom. The first kappa shape index (κ1) is 25.2. The van der Waals surface area contributed by atoms with E-state index in [9.17, 15) is 4.79 Å². The molecule has 0 saturated carbocycles. The van der Waals surface area contributed by atoms with Crippen LogP contribution >= 0.6 is 0 Å². The van der Waals surface area contributed by atoms with Gasteiger partial charge in [0.1, 0.15) is 12.7 Å². The number of carbonyl (C=O) groups excluding carboxylic acids is 1. The maximum absolute atomic E-state index is 11.8. The van der Waals surface area contributed by atoms with E-state index in [2.05, 4.69) is 19.1 Å². The molecule has 0 N–H and O–H groups in total. The Morgan fingerprint density at radius 2 is 1.50 bits per heavy atom. The molecular weight excluding hydrogens is 352 g/mol. The minimum absolute atomic E-state index is 0.120. The normalized spacial score (nSPS) is 18.8. The maximum Gasteiger partial charge on any atom is 0.305 e. The van der Waals surface area contributed by atoms with Crippen molar-refractivity contribution in [2.75, 3.05) is 13.2 Å². The fourth-order valence-electron chi connectivity index (χ4n) is 3.44. The van der Waals surface area contributed by atoms with E-state index in [0.717, 1.165) is 12.8 Å². The summed E-state index contributed by atoms with van der Waals surface area (Å²) in [5.74, 6) is -0.675. The molecule has 1 saturated heterocycles. The molecule has 1 atom stereocenters. The van der Waals surface area contributed by atoms with Crippen molar-refractivity contribution in [3.05, 3.63) is 12.2 Å². The van der Waals surface area contributed by atoms with Crippen molar-refractivity contribution >= 4 is 5.97 Å². The van der Waals surface area contributed by atoms with Gasteiger partial charge in [0.15, 0.2) is 5.79 Å². The van der Waals surface area contributed by atoms with Crippen molar-refractivity contribution < 1.29 is 19.0 Å². The molecule has 1 aliphatic rings. The van der Waals surface area contributed by atoms with E-state index in [0.29, 0.717) is 19.6 Å². The maximum atomic E-state index is 11.8. The molecule has 1 heterocycles. The highest BCUT2D eigenvalue weighted by atomic mass is 16.7. The van der Waals surface area contributed by atoms with Crippen molar-refractivity contribution in [3.63, 3.8) is 0 Å². The van der Waals surface area contributed by atoms with Crippen LogP contribution in [0.2, 0.25) is 0 Å². The Labute approximate surface area is 173 Å². The third-order valence-electron chi connectivity index (χ3n) is 5.14. The largest absolute Gasteiger partial charge is 0.463 e. The first-order valence-electron chi connectivity index (χ1n) is 11.7. The average Bonchev–Trinajstić information content (AvgIpc) is 3.02. The molecule has 1 aliphatic heterocycles. The van der Waals surface area contributed by atoms with Gasteiger partial charge >= 0.3 is 5.97 Å². The second-order valence-electron chi connectivity index (χ2n) is 8.47. The molecule has 0 bridgehead atoms. The molecule has 164 valence electrons. The number of esters is 1. The second-order valence-corrected chi connectivity index (χ2v) is 8.47. The summed E-state index contributed by atoms with van der Waals surface area (Å²) in [5, 5.41) is 0. The Bertz CT molecular complexity index is 417. The van der Waals surface area contributed by atoms with E-state index in [1.807, 2.05) is 13.8 Å². The molecule has 1 fully saturated rings. The van der Waals surface area contributed by atoms with Crippen LogP contribution in [0.3, 0.4) is 0 Å². The zero-order valence-electron chi connectivity index (χ0n) is 18.7. The molecule has 0 radical (unpaired) electrons. The summed E-state index contributed by atoms with van der Waals surface area (Å²) >= 11 is 0. The molecular formula is C24H44O4. The van der Waals surface area contributed by atoms with E-state index in [1.54, 1.807) is 0 Å². The van der Waals surface area contributed by atoms with Crippen LogP contribution in [-0.2, 0) is 19.0 Å². The lowest BCUT2D eigenvalue weighted by Crippen LogP contribution is -2.25. The standard InChI is InChI=1S/C24H44O4/c1-4-5-6-7-8-9-10-11-12-13-14-15-16-17-18-19-23(25)26-20-22-21-27-24(2,3)28-22/h11-12,22H,4-10,13-21H2,1-3H3/b12-11-/t22-/m1/s1. The second kappa shape index (κ2) is 16.0. The Balaban J connectivity index is 1.81. The van der Waals surface area contributed by atoms with Gasteiger partial charge in [0.05, 0.1) is 6.61 Å². The van der Waals surface area contributed by atoms with Gasteiger partial charge < -0.3 is 14.2 Å². The number of carbonyl (C=O) groups is 1. The SMILES string of the molecule is CCCCCCCC/C=C\CCCCCCCC(=O)OC[C@@H]1COC(C)(C)O1. The first-order valence-corrected chi connectivity index (χ1v) is 11.7. The van der Waals surface area contributed by atoms with E-state index in [4.69, 9.17) is 14.2 Å². The molecule has 28 heavy (non-hydrogen) atoms. The van der Waals surface area contributed by atoms with Gasteiger partial charge in [-0.15, -0.1) is 0 Å². The fraction of sp³-hybridized carbons (Fsp3) is 0.875. The third-order valence-corrected chi connectivity index (χ3v) is 5.14. The quantitative estimate of drug-likeness (QED) is 0.155. The van der Waals surface area contributed by atoms with Crippen molar-refractivity contribution in [2.24, 2.45) is 0 Å². The van der Waals surface area contributed by atoms with Crippen molar-refractivity contribution in [1.82, 2.24) is 0 Å². The van der Waals surface area contributed by atoms with Crippen LogP contribution in [0.1, 0.15) is 111 Å². The lowest BCUT2D eigenvalue weighted by atomic mass is 10.1. The van der Waals surface area contributed by atoms with Gasteiger partial charge in [0.2, 0.25) is 0 Å². The lowest BCUT2D eigenvalue weighted by molar-refractivity contribution is -0.158. The molecule has 1 rings (SSSR count). The smallest absolute Gasteiger partial charge is 0.305 e. The molecule has 0 unspecified atom stereocenters. The summed E-state index contributed by atoms with van der Waals surface area (Å²) < 4.78 is 16.4. The van der Waals surface area contributed by atoms with E-state index >= 15 is 0 Å². The van der Waals surface area contributed by atoms with Gasteiger partial charge in [0.25, 0.3) is 0 Å². The Morgan fingerprint density at radius 3 is 2.07 bits per heavy atom. The third kappa shape index (κ3) is 14.2. The van der Waals surface area contributed by atoms with E-state index in [-0.39, 0.29) is 12.1 Å². The van der Waals surface area contributed by atoms with Crippen LogP contribution in [-0.4, -0.2) is 31.1 Å². The number of unbranched alkanes of at least 4 members (excludes halogenated alkanes) is 11. The fourth-order valence-corrected chi connectivity index (χ4v) is 3.44. The van der Waals surface area contributed by atoms with Crippen LogP contribution in [0.15, 0.2) is 12.2 Å². The van der Waals surface area contributed by atoms with Gasteiger partial charge in [-0.3, -0.25) is 4.79 Å². The van der Waals surface area contributed by atoms with Crippen molar-refractivity contribution in [1.29, 1.82) is 0 Å². The van der Waals surface area contributed by atoms with Crippen LogP contribution in [0.4, 0.5) is 0 Å². The van der Waals surface area contributed by atoms with Crippen LogP contribution in [0, 0.1) is 0 Å². The molecule has 0 aliphatic carbocycles. The molecule has 4 heteroatoms. The molecule has 0 amide bonds. The minimum Gasteiger partial charge on any atom is -0.463 e. The zero-order valence-corrected chi connectivity index (χ0v) is 18.7. The first-order chi connectivity index (χ1) is 13.5. The van der Waals surface area contributed by atoms with E-state index < -0.39 is 5.79 Å². The van der Waals surface area contributed by atoms with Gasteiger partial charge in [-0.2, -0.15) is 0 Å². The van der Waals surface area contributed by atoms with Gasteiger partial charge in [-0.05, 0) is 46.0 Å². The lowest BCUT2D eigenvalue weighted by Gasteiger charge is -2.16. The van der Waals surface area contributed by atoms with E-state index in [1.165, 1.54) is 70.6 Å². The highest BCUT2D eigenvalue weighted by Gasteiger charge is 2.33. The predicted octanol–water partition coefficient (Wildman–Crippen LogP) is 6.72. The number of hydrogen-bond acceptors (Lipinski definition) is 4. The molecule has 0 aromatic rings. The summed E-state index contributed by atoms with van der Waals surface area (Å²) in [5.41, 5.74) is 0.